The molecule has 0 N–H and O–H groups in total. The van der Waals surface area contributed by atoms with E-state index in [-0.39, 0.29) is 29.3 Å². The zero-order chi connectivity index (χ0) is 28.0. The van der Waals surface area contributed by atoms with Gasteiger partial charge in [0.1, 0.15) is 5.01 Å². The molecule has 1 aromatic heterocycles. The quantitative estimate of drug-likeness (QED) is 0.117. The molecule has 0 radical (unpaired) electrons. The van der Waals surface area contributed by atoms with Crippen LogP contribution in [0.1, 0.15) is 75.0 Å². The van der Waals surface area contributed by atoms with E-state index < -0.39 is 58.6 Å². The largest absolute Gasteiger partial charge is 0.455 e. The van der Waals surface area contributed by atoms with Gasteiger partial charge in [0.2, 0.25) is 40.7 Å². The van der Waals surface area contributed by atoms with Gasteiger partial charge in [-0.1, -0.05) is 27.2 Å². The molecule has 13 heteroatoms. The Bertz CT molecular complexity index is 1130. The normalized spacial score (nSPS) is 12.8. The van der Waals surface area contributed by atoms with Crippen LogP contribution in [0.5, 0.6) is 5.75 Å². The van der Waals surface area contributed by atoms with Crippen LogP contribution in [-0.4, -0.2) is 40.8 Å². The molecule has 1 aromatic carbocycles. The van der Waals surface area contributed by atoms with Crippen molar-refractivity contribution in [3.63, 3.8) is 0 Å². The number of unbranched alkanes of at least 4 members (excludes halogenated alkanes) is 1. The number of aromatic nitrogens is 1. The summed E-state index contributed by atoms with van der Waals surface area (Å²) in [6.07, 6.45) is 1.03. The van der Waals surface area contributed by atoms with Gasteiger partial charge >= 0.3 is 11.9 Å². The number of halogens is 5. The minimum Gasteiger partial charge on any atom is -0.455 e. The van der Waals surface area contributed by atoms with E-state index in [9.17, 15) is 36.3 Å². The van der Waals surface area contributed by atoms with Gasteiger partial charge in [-0.05, 0) is 12.3 Å². The third-order valence-electron chi connectivity index (χ3n) is 5.54. The Morgan fingerprint density at radius 2 is 1.59 bits per heavy atom. The molecule has 0 fully saturated rings. The van der Waals surface area contributed by atoms with E-state index in [0.717, 1.165) is 23.1 Å². The first-order valence-electron chi connectivity index (χ1n) is 11.4. The van der Waals surface area contributed by atoms with Crippen molar-refractivity contribution in [2.75, 3.05) is 7.05 Å². The molecule has 7 nitrogen and oxygen atoms in total. The molecule has 204 valence electrons. The topological polar surface area (TPSA) is 85.8 Å². The van der Waals surface area contributed by atoms with Crippen molar-refractivity contribution in [3.8, 4) is 5.75 Å². The van der Waals surface area contributed by atoms with Gasteiger partial charge in [0.05, 0.1) is 0 Å². The lowest BCUT2D eigenvalue weighted by molar-refractivity contribution is -0.148. The second-order valence-electron chi connectivity index (χ2n) is 8.61. The summed E-state index contributed by atoms with van der Waals surface area (Å²) in [6, 6.07) is -0.374. The smallest absolute Gasteiger partial charge is 0.363 e. The highest BCUT2D eigenvalue weighted by atomic mass is 32.1. The lowest BCUT2D eigenvalue weighted by atomic mass is 9.96. The summed E-state index contributed by atoms with van der Waals surface area (Å²) in [7, 11) is 1.64. The summed E-state index contributed by atoms with van der Waals surface area (Å²) in [4.78, 5) is 42.3. The maximum absolute atomic E-state index is 13.9. The van der Waals surface area contributed by atoms with Gasteiger partial charge in [0, 0.05) is 38.2 Å². The van der Waals surface area contributed by atoms with Gasteiger partial charge < -0.3 is 14.4 Å². The predicted molar refractivity (Wildman–Crippen MR) is 123 cm³/mol. The van der Waals surface area contributed by atoms with Crippen LogP contribution < -0.4 is 4.74 Å². The summed E-state index contributed by atoms with van der Waals surface area (Å²) >= 11 is 0.855. The average Bonchev–Trinajstić information content (AvgIpc) is 3.34. The van der Waals surface area contributed by atoms with Crippen LogP contribution in [0.4, 0.5) is 22.0 Å². The molecule has 0 saturated heterocycles. The zero-order valence-corrected chi connectivity index (χ0v) is 21.7. The molecule has 2 unspecified atom stereocenters. The average molecular weight is 551 g/mol. The number of nitrogens with zero attached hydrogens (tertiary/aromatic N) is 2. The van der Waals surface area contributed by atoms with Crippen LogP contribution in [-0.2, 0) is 14.3 Å². The number of ether oxygens (including phenoxy) is 2. The molecule has 0 saturated carbocycles. The molecule has 0 aliphatic carbocycles. The standard InChI is InChI=1S/C24H27F5N2O5S/c1-6-7-8-16(33)31(5)14(11(2)3)9-15(35-12(4)32)23-30-13(10-37-23)24(34)36-22-20(28)18(26)17(25)19(27)21(22)29/h10-11,14-15H,6-9H2,1-5H3. The zero-order valence-electron chi connectivity index (χ0n) is 20.9. The van der Waals surface area contributed by atoms with Crippen molar-refractivity contribution in [1.29, 1.82) is 0 Å². The molecule has 2 rings (SSSR count). The first-order valence-corrected chi connectivity index (χ1v) is 12.3. The summed E-state index contributed by atoms with van der Waals surface area (Å²) in [5, 5.41) is 1.24. The molecular weight excluding hydrogens is 523 g/mol. The Hall–Kier alpha value is -3.09. The number of benzene rings is 1. The number of hydrogen-bond donors (Lipinski definition) is 0. The predicted octanol–water partition coefficient (Wildman–Crippen LogP) is 5.73. The molecule has 37 heavy (non-hydrogen) atoms. The summed E-state index contributed by atoms with van der Waals surface area (Å²) < 4.78 is 77.7. The summed E-state index contributed by atoms with van der Waals surface area (Å²) in [5.41, 5.74) is -0.505. The van der Waals surface area contributed by atoms with Gasteiger partial charge in [-0.2, -0.15) is 8.78 Å². The van der Waals surface area contributed by atoms with Crippen LogP contribution in [0.2, 0.25) is 0 Å². The molecule has 2 aromatic rings. The van der Waals surface area contributed by atoms with Crippen molar-refractivity contribution in [3.05, 3.63) is 45.2 Å². The molecule has 0 spiro atoms. The van der Waals surface area contributed by atoms with Gasteiger partial charge in [0.25, 0.3) is 0 Å². The molecule has 0 aliphatic rings. The van der Waals surface area contributed by atoms with Gasteiger partial charge in [-0.25, -0.2) is 22.9 Å². The number of thiazole rings is 1. The van der Waals surface area contributed by atoms with Crippen molar-refractivity contribution in [2.45, 2.75) is 65.5 Å². The third-order valence-corrected chi connectivity index (χ3v) is 6.48. The monoisotopic (exact) mass is 550 g/mol. The maximum Gasteiger partial charge on any atom is 0.363 e. The Kier molecular flexibility index (Phi) is 10.5. The van der Waals surface area contributed by atoms with Crippen molar-refractivity contribution >= 4 is 29.2 Å². The highest BCUT2D eigenvalue weighted by Gasteiger charge is 2.32. The van der Waals surface area contributed by atoms with Gasteiger partial charge in [-0.15, -0.1) is 11.3 Å². The number of carbonyl (C=O) groups is 3. The minimum atomic E-state index is -2.40. The fraction of sp³-hybridized carbons (Fsp3) is 0.500. The van der Waals surface area contributed by atoms with Crippen molar-refractivity contribution < 1.29 is 45.8 Å². The Labute approximate surface area is 214 Å². The Morgan fingerprint density at radius 1 is 1.03 bits per heavy atom. The number of esters is 2. The van der Waals surface area contributed by atoms with Crippen LogP contribution in [0, 0.1) is 35.0 Å². The van der Waals surface area contributed by atoms with E-state index >= 15 is 0 Å². The van der Waals surface area contributed by atoms with E-state index in [2.05, 4.69) is 9.72 Å². The first-order chi connectivity index (χ1) is 17.3. The number of hydrogen-bond acceptors (Lipinski definition) is 7. The lowest BCUT2D eigenvalue weighted by Gasteiger charge is -2.33. The van der Waals surface area contributed by atoms with E-state index in [1.165, 1.54) is 6.92 Å². The van der Waals surface area contributed by atoms with Gasteiger partial charge in [-0.3, -0.25) is 9.59 Å². The van der Waals surface area contributed by atoms with E-state index in [1.807, 2.05) is 20.8 Å². The highest BCUT2D eigenvalue weighted by molar-refractivity contribution is 7.09. The van der Waals surface area contributed by atoms with Crippen molar-refractivity contribution in [2.24, 2.45) is 5.92 Å². The summed E-state index contributed by atoms with van der Waals surface area (Å²) in [5.74, 6) is -15.6. The van der Waals surface area contributed by atoms with E-state index in [1.54, 1.807) is 11.9 Å². The fourth-order valence-corrected chi connectivity index (χ4v) is 4.36. The van der Waals surface area contributed by atoms with Crippen LogP contribution in [0.3, 0.4) is 0 Å². The Morgan fingerprint density at radius 3 is 2.11 bits per heavy atom. The van der Waals surface area contributed by atoms with Gasteiger partial charge in [0.15, 0.2) is 11.8 Å². The molecule has 1 amide bonds. The molecule has 0 bridgehead atoms. The van der Waals surface area contributed by atoms with Crippen LogP contribution in [0.15, 0.2) is 5.38 Å². The van der Waals surface area contributed by atoms with E-state index in [0.29, 0.717) is 12.8 Å². The van der Waals surface area contributed by atoms with Crippen LogP contribution in [0.25, 0.3) is 0 Å². The first kappa shape index (κ1) is 30.1. The third kappa shape index (κ3) is 7.24. The molecule has 1 heterocycles. The maximum atomic E-state index is 13.9. The second-order valence-corrected chi connectivity index (χ2v) is 9.50. The Balaban J connectivity index is 2.31. The number of rotatable bonds is 11. The highest BCUT2D eigenvalue weighted by Crippen LogP contribution is 2.32. The minimum absolute atomic E-state index is 0.0488. The fourth-order valence-electron chi connectivity index (χ4n) is 3.53. The lowest BCUT2D eigenvalue weighted by Crippen LogP contribution is -2.41. The second kappa shape index (κ2) is 12.9. The molecular formula is C24H27F5N2O5S. The molecule has 0 aliphatic heterocycles. The summed E-state index contributed by atoms with van der Waals surface area (Å²) in [6.45, 7) is 6.89. The van der Waals surface area contributed by atoms with Crippen LogP contribution >= 0.6 is 11.3 Å². The molecule has 2 atom stereocenters. The van der Waals surface area contributed by atoms with E-state index in [4.69, 9.17) is 4.74 Å². The number of carbonyl (C=O) groups excluding carboxylic acids is 3. The number of amides is 1. The van der Waals surface area contributed by atoms with Crippen molar-refractivity contribution in [1.82, 2.24) is 9.88 Å². The SMILES string of the molecule is CCCCC(=O)N(C)C(CC(OC(C)=O)c1nc(C(=O)Oc2c(F)c(F)c(F)c(F)c2F)cs1)C(C)C.